The van der Waals surface area contributed by atoms with Crippen molar-refractivity contribution < 1.29 is 31.5 Å². The molecule has 2 aromatic carbocycles. The van der Waals surface area contributed by atoms with Crippen LogP contribution in [0.3, 0.4) is 0 Å². The number of carbonyl (C=O) groups excluding carboxylic acids is 2. The van der Waals surface area contributed by atoms with Crippen molar-refractivity contribution in [3.63, 3.8) is 0 Å². The van der Waals surface area contributed by atoms with Crippen LogP contribution in [0.25, 0.3) is 0 Å². The average Bonchev–Trinajstić information content (AvgIpc) is 2.53. The number of hydrogen-bond donors (Lipinski definition) is 2. The summed E-state index contributed by atoms with van der Waals surface area (Å²) in [6, 6.07) is 5.73. The van der Waals surface area contributed by atoms with E-state index in [0.717, 1.165) is 18.2 Å². The zero-order valence-electron chi connectivity index (χ0n) is 11.7. The smallest absolute Gasteiger partial charge is 0.315 e. The molecule has 0 aromatic heterocycles. The van der Waals surface area contributed by atoms with Gasteiger partial charge in [-0.1, -0.05) is 6.07 Å². The van der Waals surface area contributed by atoms with Crippen LogP contribution < -0.4 is 10.6 Å². The molecule has 24 heavy (non-hydrogen) atoms. The first-order valence-electron chi connectivity index (χ1n) is 6.43. The van der Waals surface area contributed by atoms with Crippen LogP contribution in [0.4, 0.5) is 33.3 Å². The van der Waals surface area contributed by atoms with Crippen LogP contribution >= 0.6 is 0 Å². The summed E-state index contributed by atoms with van der Waals surface area (Å²) in [6.45, 7) is 0. The Balaban J connectivity index is 2.29. The lowest BCUT2D eigenvalue weighted by molar-refractivity contribution is -0.126. The normalized spacial score (nSPS) is 10.6. The fraction of sp³-hybridized carbons (Fsp3) is 0.0667. The van der Waals surface area contributed by atoms with Crippen LogP contribution in [-0.4, -0.2) is 18.2 Å². The van der Waals surface area contributed by atoms with E-state index in [0.29, 0.717) is 6.07 Å². The summed E-state index contributed by atoms with van der Waals surface area (Å²) in [7, 11) is 0. The number of amides is 2. The van der Waals surface area contributed by atoms with Crippen molar-refractivity contribution in [3.05, 3.63) is 59.4 Å². The fourth-order valence-electron chi connectivity index (χ4n) is 1.77. The molecule has 126 valence electrons. The number of benzene rings is 2. The molecule has 9 heteroatoms. The molecule has 2 N–H and O–H groups in total. The molecule has 0 aliphatic rings. The maximum atomic E-state index is 14.1. The van der Waals surface area contributed by atoms with Crippen molar-refractivity contribution >= 4 is 23.2 Å². The molecule has 0 heterocycles. The molecule has 0 saturated carbocycles. The second-order valence-corrected chi connectivity index (χ2v) is 4.54. The highest BCUT2D eigenvalue weighted by Gasteiger charge is 2.21. The quantitative estimate of drug-likeness (QED) is 0.834. The maximum absolute atomic E-state index is 14.1. The zero-order valence-corrected chi connectivity index (χ0v) is 11.7. The number of carbonyl (C=O) groups is 2. The van der Waals surface area contributed by atoms with E-state index < -0.39 is 47.1 Å². The second kappa shape index (κ2) is 7.07. The van der Waals surface area contributed by atoms with Crippen molar-refractivity contribution in [1.29, 1.82) is 0 Å². The van der Waals surface area contributed by atoms with Crippen LogP contribution in [-0.2, 0) is 4.79 Å². The minimum absolute atomic E-state index is 0.212. The molecule has 0 fully saturated rings. The molecule has 0 aliphatic carbocycles. The van der Waals surface area contributed by atoms with Gasteiger partial charge >= 0.3 is 6.43 Å². The Kier molecular flexibility index (Phi) is 5.12. The third-order valence-corrected chi connectivity index (χ3v) is 2.87. The van der Waals surface area contributed by atoms with Crippen molar-refractivity contribution in [3.8, 4) is 0 Å². The first kappa shape index (κ1) is 17.4. The van der Waals surface area contributed by atoms with Gasteiger partial charge in [-0.3, -0.25) is 9.59 Å². The van der Waals surface area contributed by atoms with Gasteiger partial charge in [0.15, 0.2) is 5.82 Å². The number of rotatable bonds is 4. The van der Waals surface area contributed by atoms with E-state index in [-0.39, 0.29) is 5.56 Å². The van der Waals surface area contributed by atoms with Gasteiger partial charge in [0.1, 0.15) is 17.3 Å². The number of halogens is 5. The molecule has 0 radical (unpaired) electrons. The maximum Gasteiger partial charge on any atom is 0.315 e. The van der Waals surface area contributed by atoms with Gasteiger partial charge in [-0.15, -0.1) is 0 Å². The minimum Gasteiger partial charge on any atom is -0.319 e. The molecule has 0 spiro atoms. The molecule has 4 nitrogen and oxygen atoms in total. The predicted molar refractivity (Wildman–Crippen MR) is 75.3 cm³/mol. The van der Waals surface area contributed by atoms with Crippen LogP contribution in [0.1, 0.15) is 10.4 Å². The Morgan fingerprint density at radius 1 is 0.958 bits per heavy atom. The van der Waals surface area contributed by atoms with E-state index in [1.165, 1.54) is 12.1 Å². The third kappa shape index (κ3) is 3.86. The lowest BCUT2D eigenvalue weighted by Crippen LogP contribution is -2.22. The van der Waals surface area contributed by atoms with Crippen LogP contribution in [0, 0.1) is 17.5 Å². The summed E-state index contributed by atoms with van der Waals surface area (Å²) in [5.74, 6) is -6.20. The Bertz CT molecular complexity index is 795. The van der Waals surface area contributed by atoms with Crippen LogP contribution in [0.2, 0.25) is 0 Å². The highest BCUT2D eigenvalue weighted by atomic mass is 19.3. The van der Waals surface area contributed by atoms with E-state index in [1.807, 2.05) is 5.32 Å². The van der Waals surface area contributed by atoms with Gasteiger partial charge in [-0.05, 0) is 30.3 Å². The summed E-state index contributed by atoms with van der Waals surface area (Å²) in [5, 5.41) is 3.43. The van der Waals surface area contributed by atoms with E-state index >= 15 is 0 Å². The van der Waals surface area contributed by atoms with Gasteiger partial charge in [-0.2, -0.15) is 8.78 Å². The van der Waals surface area contributed by atoms with Crippen LogP contribution in [0.5, 0.6) is 0 Å². The Labute approximate surface area is 132 Å². The lowest BCUT2D eigenvalue weighted by Gasteiger charge is -2.12. The number of hydrogen-bond acceptors (Lipinski definition) is 2. The number of anilines is 2. The first-order valence-corrected chi connectivity index (χ1v) is 6.43. The van der Waals surface area contributed by atoms with Crippen molar-refractivity contribution in [2.75, 3.05) is 10.6 Å². The van der Waals surface area contributed by atoms with Gasteiger partial charge in [0.2, 0.25) is 0 Å². The molecule has 0 bridgehead atoms. The first-order chi connectivity index (χ1) is 11.3. The van der Waals surface area contributed by atoms with Gasteiger partial charge in [-0.25, -0.2) is 13.2 Å². The zero-order chi connectivity index (χ0) is 17.9. The molecule has 0 aliphatic heterocycles. The molecule has 2 aromatic rings. The van der Waals surface area contributed by atoms with Crippen molar-refractivity contribution in [1.82, 2.24) is 0 Å². The standard InChI is InChI=1S/C15H9F5N2O2/c16-8-3-1-2-7(6-8)14(23)22-12-9(17)4-5-10(11(12)18)21-15(24)13(19)20/h1-6,13H,(H,21,24)(H,22,23). The second-order valence-electron chi connectivity index (χ2n) is 4.54. The summed E-state index contributed by atoms with van der Waals surface area (Å²) < 4.78 is 65.2. The number of alkyl halides is 2. The molecular weight excluding hydrogens is 335 g/mol. The topological polar surface area (TPSA) is 58.2 Å². The fourth-order valence-corrected chi connectivity index (χ4v) is 1.77. The van der Waals surface area contributed by atoms with E-state index in [1.54, 1.807) is 5.32 Å². The molecule has 2 rings (SSSR count). The molecule has 0 unspecified atom stereocenters. The summed E-state index contributed by atoms with van der Waals surface area (Å²) in [5.41, 5.74) is -1.91. The highest BCUT2D eigenvalue weighted by molar-refractivity contribution is 6.05. The monoisotopic (exact) mass is 344 g/mol. The number of nitrogens with one attached hydrogen (secondary N) is 2. The molecular formula is C15H9F5N2O2. The van der Waals surface area contributed by atoms with Crippen LogP contribution in [0.15, 0.2) is 36.4 Å². The van der Waals surface area contributed by atoms with E-state index in [9.17, 15) is 31.5 Å². The van der Waals surface area contributed by atoms with Gasteiger partial charge in [0.25, 0.3) is 11.8 Å². The molecule has 0 saturated heterocycles. The lowest BCUT2D eigenvalue weighted by atomic mass is 10.2. The highest BCUT2D eigenvalue weighted by Crippen LogP contribution is 2.26. The van der Waals surface area contributed by atoms with Gasteiger partial charge in [0, 0.05) is 5.56 Å². The van der Waals surface area contributed by atoms with Gasteiger partial charge < -0.3 is 10.6 Å². The van der Waals surface area contributed by atoms with E-state index in [4.69, 9.17) is 0 Å². The van der Waals surface area contributed by atoms with E-state index in [2.05, 4.69) is 0 Å². The Hall–Kier alpha value is -2.97. The third-order valence-electron chi connectivity index (χ3n) is 2.87. The summed E-state index contributed by atoms with van der Waals surface area (Å²) in [4.78, 5) is 22.8. The SMILES string of the molecule is O=C(Nc1c(F)ccc(NC(=O)C(F)F)c1F)c1cccc(F)c1. The molecule has 0 atom stereocenters. The Morgan fingerprint density at radius 3 is 2.29 bits per heavy atom. The van der Waals surface area contributed by atoms with Crippen molar-refractivity contribution in [2.45, 2.75) is 6.43 Å². The van der Waals surface area contributed by atoms with Gasteiger partial charge in [0.05, 0.1) is 5.69 Å². The average molecular weight is 344 g/mol. The Morgan fingerprint density at radius 2 is 1.67 bits per heavy atom. The predicted octanol–water partition coefficient (Wildman–Crippen LogP) is 3.56. The van der Waals surface area contributed by atoms with Crippen molar-refractivity contribution in [2.24, 2.45) is 0 Å². The summed E-state index contributed by atoms with van der Waals surface area (Å²) in [6.07, 6.45) is -3.40. The minimum atomic E-state index is -3.40. The summed E-state index contributed by atoms with van der Waals surface area (Å²) >= 11 is 0. The largest absolute Gasteiger partial charge is 0.319 e. The molecule has 2 amide bonds.